The van der Waals surface area contributed by atoms with E-state index in [1.54, 1.807) is 0 Å². The Kier molecular flexibility index (Phi) is 3.89. The number of fused-ring (bicyclic) bond motifs is 1. The third kappa shape index (κ3) is 2.78. The number of rotatable bonds is 2. The van der Waals surface area contributed by atoms with Gasteiger partial charge in [0.25, 0.3) is 5.91 Å². The molecule has 2 aliphatic heterocycles. The van der Waals surface area contributed by atoms with Crippen molar-refractivity contribution < 1.29 is 14.3 Å². The van der Waals surface area contributed by atoms with Gasteiger partial charge in [-0.05, 0) is 18.1 Å². The number of nitrogens with zero attached hydrogens (tertiary/aromatic N) is 1. The summed E-state index contributed by atoms with van der Waals surface area (Å²) in [6, 6.07) is 8.30. The average Bonchev–Trinajstić information content (AvgIpc) is 3.06. The molecule has 1 amide bonds. The van der Waals surface area contributed by atoms with Crippen LogP contribution in [0.4, 0.5) is 0 Å². The number of amides is 1. The Hall–Kier alpha value is -2.11. The van der Waals surface area contributed by atoms with Crippen LogP contribution in [-0.4, -0.2) is 54.8 Å². The first-order chi connectivity index (χ1) is 11.3. The van der Waals surface area contributed by atoms with Crippen LogP contribution in [0, 0.1) is 0 Å². The quantitative estimate of drug-likeness (QED) is 0.925. The molecule has 0 radical (unpaired) electrons. The summed E-state index contributed by atoms with van der Waals surface area (Å²) in [4.78, 5) is 17.6. The number of ether oxygens (including phenoxy) is 2. The normalized spacial score (nSPS) is 22.2. The van der Waals surface area contributed by atoms with Crippen molar-refractivity contribution in [1.82, 2.24) is 9.88 Å². The SMILES string of the molecule is O=C([C@@H]1COCCO1)N1CC=C(c2c[nH]c3ccccc23)CC1. The average molecular weight is 312 g/mol. The summed E-state index contributed by atoms with van der Waals surface area (Å²) in [6.45, 7) is 2.81. The van der Waals surface area contributed by atoms with Crippen LogP contribution in [0.5, 0.6) is 0 Å². The molecule has 23 heavy (non-hydrogen) atoms. The van der Waals surface area contributed by atoms with E-state index in [0.29, 0.717) is 26.4 Å². The van der Waals surface area contributed by atoms with Gasteiger partial charge in [0.2, 0.25) is 0 Å². The fourth-order valence-electron chi connectivity index (χ4n) is 3.29. The number of para-hydroxylation sites is 1. The molecule has 1 N–H and O–H groups in total. The van der Waals surface area contributed by atoms with Gasteiger partial charge in [0.05, 0.1) is 19.8 Å². The van der Waals surface area contributed by atoms with Crippen LogP contribution < -0.4 is 0 Å². The minimum Gasteiger partial charge on any atom is -0.376 e. The highest BCUT2D eigenvalue weighted by Gasteiger charge is 2.28. The summed E-state index contributed by atoms with van der Waals surface area (Å²) in [7, 11) is 0. The lowest BCUT2D eigenvalue weighted by atomic mass is 9.98. The molecule has 4 rings (SSSR count). The molecule has 1 saturated heterocycles. The second kappa shape index (κ2) is 6.18. The third-order valence-corrected chi connectivity index (χ3v) is 4.55. The highest BCUT2D eigenvalue weighted by atomic mass is 16.6. The lowest BCUT2D eigenvalue weighted by Crippen LogP contribution is -2.46. The number of carbonyl (C=O) groups is 1. The van der Waals surface area contributed by atoms with Gasteiger partial charge in [0.1, 0.15) is 0 Å². The van der Waals surface area contributed by atoms with Crippen molar-refractivity contribution in [2.24, 2.45) is 0 Å². The molecule has 0 saturated carbocycles. The monoisotopic (exact) mass is 312 g/mol. The molecule has 3 heterocycles. The van der Waals surface area contributed by atoms with E-state index in [0.717, 1.165) is 18.5 Å². The van der Waals surface area contributed by atoms with Gasteiger partial charge in [-0.3, -0.25) is 4.79 Å². The van der Waals surface area contributed by atoms with Crippen molar-refractivity contribution in [3.63, 3.8) is 0 Å². The van der Waals surface area contributed by atoms with Crippen LogP contribution in [-0.2, 0) is 14.3 Å². The summed E-state index contributed by atoms with van der Waals surface area (Å²) in [6.07, 6.45) is 4.64. The van der Waals surface area contributed by atoms with E-state index < -0.39 is 6.10 Å². The van der Waals surface area contributed by atoms with Crippen molar-refractivity contribution in [3.8, 4) is 0 Å². The number of aromatic amines is 1. The number of benzene rings is 1. The maximum absolute atomic E-state index is 12.4. The van der Waals surface area contributed by atoms with Crippen molar-refractivity contribution in [2.75, 3.05) is 32.9 Å². The first-order valence-corrected chi connectivity index (χ1v) is 8.06. The van der Waals surface area contributed by atoms with E-state index in [-0.39, 0.29) is 5.91 Å². The maximum Gasteiger partial charge on any atom is 0.254 e. The first-order valence-electron chi connectivity index (χ1n) is 8.06. The zero-order valence-electron chi connectivity index (χ0n) is 13.0. The van der Waals surface area contributed by atoms with E-state index in [4.69, 9.17) is 9.47 Å². The smallest absolute Gasteiger partial charge is 0.254 e. The van der Waals surface area contributed by atoms with E-state index >= 15 is 0 Å². The molecule has 1 fully saturated rings. The Morgan fingerprint density at radius 2 is 2.17 bits per heavy atom. The maximum atomic E-state index is 12.4. The zero-order valence-corrected chi connectivity index (χ0v) is 13.0. The van der Waals surface area contributed by atoms with Crippen LogP contribution >= 0.6 is 0 Å². The summed E-state index contributed by atoms with van der Waals surface area (Å²) < 4.78 is 10.8. The number of nitrogens with one attached hydrogen (secondary N) is 1. The van der Waals surface area contributed by atoms with Crippen molar-refractivity contribution in [1.29, 1.82) is 0 Å². The molecule has 0 aliphatic carbocycles. The van der Waals surface area contributed by atoms with Gasteiger partial charge in [-0.25, -0.2) is 0 Å². The standard InChI is InChI=1S/C18H20N2O3/c21-18(17-12-22-9-10-23-17)20-7-5-13(6-8-20)15-11-19-16-4-2-1-3-14(15)16/h1-5,11,17,19H,6-10,12H2/t17-/m0/s1. The van der Waals surface area contributed by atoms with E-state index in [9.17, 15) is 4.79 Å². The lowest BCUT2D eigenvalue weighted by molar-refractivity contribution is -0.157. The minimum absolute atomic E-state index is 0.0407. The number of hydrogen-bond acceptors (Lipinski definition) is 3. The highest BCUT2D eigenvalue weighted by Crippen LogP contribution is 2.29. The lowest BCUT2D eigenvalue weighted by Gasteiger charge is -2.31. The Morgan fingerprint density at radius 3 is 2.96 bits per heavy atom. The van der Waals surface area contributed by atoms with Gasteiger partial charge in [-0.2, -0.15) is 0 Å². The van der Waals surface area contributed by atoms with Gasteiger partial charge in [-0.1, -0.05) is 24.3 Å². The first kappa shape index (κ1) is 14.5. The Balaban J connectivity index is 1.49. The molecule has 0 unspecified atom stereocenters. The zero-order chi connectivity index (χ0) is 15.6. The Bertz CT molecular complexity index is 744. The summed E-state index contributed by atoms with van der Waals surface area (Å²) in [5.41, 5.74) is 3.69. The van der Waals surface area contributed by atoms with Gasteiger partial charge in [0, 0.05) is 35.8 Å². The summed E-state index contributed by atoms with van der Waals surface area (Å²) >= 11 is 0. The molecule has 1 aromatic heterocycles. The van der Waals surface area contributed by atoms with Gasteiger partial charge in [-0.15, -0.1) is 0 Å². The van der Waals surface area contributed by atoms with Crippen LogP contribution in [0.3, 0.4) is 0 Å². The molecule has 5 heteroatoms. The number of H-pyrrole nitrogens is 1. The highest BCUT2D eigenvalue weighted by molar-refractivity contribution is 5.93. The third-order valence-electron chi connectivity index (χ3n) is 4.55. The van der Waals surface area contributed by atoms with E-state index in [2.05, 4.69) is 35.5 Å². The second-order valence-electron chi connectivity index (χ2n) is 5.95. The summed E-state index contributed by atoms with van der Waals surface area (Å²) in [5, 5.41) is 1.24. The molecular weight excluding hydrogens is 292 g/mol. The second-order valence-corrected chi connectivity index (χ2v) is 5.95. The van der Waals surface area contributed by atoms with E-state index in [1.807, 2.05) is 11.0 Å². The van der Waals surface area contributed by atoms with Crippen LogP contribution in [0.15, 0.2) is 36.5 Å². The van der Waals surface area contributed by atoms with Crippen molar-refractivity contribution in [2.45, 2.75) is 12.5 Å². The minimum atomic E-state index is -0.438. The van der Waals surface area contributed by atoms with Gasteiger partial charge in [0.15, 0.2) is 6.10 Å². The molecule has 2 aliphatic rings. The molecule has 0 spiro atoms. The molecule has 120 valence electrons. The molecule has 1 aromatic carbocycles. The Labute approximate surface area is 134 Å². The fraction of sp³-hybridized carbons (Fsp3) is 0.389. The molecular formula is C18H20N2O3. The predicted octanol–water partition coefficient (Wildman–Crippen LogP) is 2.20. The Morgan fingerprint density at radius 1 is 1.26 bits per heavy atom. The molecule has 2 aromatic rings. The number of hydrogen-bond donors (Lipinski definition) is 1. The van der Waals surface area contributed by atoms with Crippen molar-refractivity contribution >= 4 is 22.4 Å². The molecule has 1 atom stereocenters. The van der Waals surface area contributed by atoms with Crippen LogP contribution in [0.1, 0.15) is 12.0 Å². The van der Waals surface area contributed by atoms with Crippen LogP contribution in [0.2, 0.25) is 0 Å². The van der Waals surface area contributed by atoms with Gasteiger partial charge < -0.3 is 19.4 Å². The summed E-state index contributed by atoms with van der Waals surface area (Å²) in [5.74, 6) is 0.0407. The van der Waals surface area contributed by atoms with Crippen molar-refractivity contribution in [3.05, 3.63) is 42.1 Å². The topological polar surface area (TPSA) is 54.6 Å². The van der Waals surface area contributed by atoms with Crippen LogP contribution in [0.25, 0.3) is 16.5 Å². The molecule has 5 nitrogen and oxygen atoms in total. The van der Waals surface area contributed by atoms with Gasteiger partial charge >= 0.3 is 0 Å². The predicted molar refractivity (Wildman–Crippen MR) is 88.0 cm³/mol. The fourth-order valence-corrected chi connectivity index (χ4v) is 3.29. The largest absolute Gasteiger partial charge is 0.376 e. The molecule has 0 bridgehead atoms. The number of aromatic nitrogens is 1. The van der Waals surface area contributed by atoms with E-state index in [1.165, 1.54) is 16.5 Å². The number of carbonyl (C=O) groups excluding carboxylic acids is 1.